The number of nitrogens with zero attached hydrogens (tertiary/aromatic N) is 1. The molecule has 18 heavy (non-hydrogen) atoms. The standard InChI is InChI=1S/C14H19N3O/c1-4-12(18)17-13(9(2)3)14-15-10-7-5-6-8-11(10)16-14/h5-9,13H,4H2,1-3H3,(H,15,16)(H,17,18). The van der Waals surface area contributed by atoms with E-state index in [0.717, 1.165) is 16.9 Å². The molecule has 0 bridgehead atoms. The van der Waals surface area contributed by atoms with Crippen LogP contribution in [0.5, 0.6) is 0 Å². The van der Waals surface area contributed by atoms with Gasteiger partial charge in [0, 0.05) is 6.42 Å². The second-order valence-electron chi connectivity index (χ2n) is 4.78. The zero-order valence-electron chi connectivity index (χ0n) is 11.0. The average molecular weight is 245 g/mol. The molecule has 0 aliphatic carbocycles. The molecule has 0 aliphatic rings. The summed E-state index contributed by atoms with van der Waals surface area (Å²) in [6.45, 7) is 6.01. The minimum Gasteiger partial charge on any atom is -0.346 e. The molecule has 0 saturated heterocycles. The van der Waals surface area contributed by atoms with Crippen LogP contribution in [0, 0.1) is 5.92 Å². The number of amides is 1. The van der Waals surface area contributed by atoms with Crippen LogP contribution in [0.25, 0.3) is 11.0 Å². The van der Waals surface area contributed by atoms with E-state index in [9.17, 15) is 4.79 Å². The number of rotatable bonds is 4. The van der Waals surface area contributed by atoms with Crippen LogP contribution in [0.15, 0.2) is 24.3 Å². The van der Waals surface area contributed by atoms with Crippen LogP contribution >= 0.6 is 0 Å². The van der Waals surface area contributed by atoms with Gasteiger partial charge in [-0.2, -0.15) is 0 Å². The second kappa shape index (κ2) is 5.21. The Morgan fingerprint density at radius 3 is 2.72 bits per heavy atom. The highest BCUT2D eigenvalue weighted by molar-refractivity contribution is 5.77. The number of H-pyrrole nitrogens is 1. The minimum absolute atomic E-state index is 0.0501. The van der Waals surface area contributed by atoms with Crippen molar-refractivity contribution >= 4 is 16.9 Å². The first-order valence-electron chi connectivity index (χ1n) is 6.35. The molecule has 0 radical (unpaired) electrons. The Morgan fingerprint density at radius 2 is 2.11 bits per heavy atom. The van der Waals surface area contributed by atoms with Gasteiger partial charge in [0.25, 0.3) is 0 Å². The summed E-state index contributed by atoms with van der Waals surface area (Å²) in [5, 5.41) is 3.01. The van der Waals surface area contributed by atoms with Gasteiger partial charge >= 0.3 is 0 Å². The topological polar surface area (TPSA) is 57.8 Å². The summed E-state index contributed by atoms with van der Waals surface area (Å²) in [5.41, 5.74) is 1.94. The second-order valence-corrected chi connectivity index (χ2v) is 4.78. The molecule has 2 aromatic rings. The number of nitrogens with one attached hydrogen (secondary N) is 2. The van der Waals surface area contributed by atoms with Crippen LogP contribution in [0.3, 0.4) is 0 Å². The third kappa shape index (κ3) is 2.53. The molecule has 2 rings (SSSR count). The summed E-state index contributed by atoms with van der Waals surface area (Å²) < 4.78 is 0. The van der Waals surface area contributed by atoms with E-state index in [2.05, 4.69) is 29.1 Å². The predicted octanol–water partition coefficient (Wildman–Crippen LogP) is 2.79. The maximum atomic E-state index is 11.6. The molecule has 0 aliphatic heterocycles. The minimum atomic E-state index is -0.0650. The van der Waals surface area contributed by atoms with Gasteiger partial charge in [-0.1, -0.05) is 32.9 Å². The highest BCUT2D eigenvalue weighted by atomic mass is 16.1. The first kappa shape index (κ1) is 12.6. The normalized spacial score (nSPS) is 12.9. The van der Waals surface area contributed by atoms with Gasteiger partial charge < -0.3 is 10.3 Å². The zero-order valence-corrected chi connectivity index (χ0v) is 11.0. The number of fused-ring (bicyclic) bond motifs is 1. The van der Waals surface area contributed by atoms with E-state index in [1.807, 2.05) is 31.2 Å². The van der Waals surface area contributed by atoms with Crippen LogP contribution in [0.1, 0.15) is 39.1 Å². The van der Waals surface area contributed by atoms with Crippen LogP contribution in [0.4, 0.5) is 0 Å². The van der Waals surface area contributed by atoms with E-state index in [4.69, 9.17) is 0 Å². The lowest BCUT2D eigenvalue weighted by Gasteiger charge is -2.19. The maximum absolute atomic E-state index is 11.6. The van der Waals surface area contributed by atoms with Gasteiger partial charge in [-0.25, -0.2) is 4.98 Å². The van der Waals surface area contributed by atoms with Gasteiger partial charge in [0.2, 0.25) is 5.91 Å². The van der Waals surface area contributed by atoms with E-state index >= 15 is 0 Å². The average Bonchev–Trinajstić information content (AvgIpc) is 2.78. The van der Waals surface area contributed by atoms with Crippen molar-refractivity contribution in [2.45, 2.75) is 33.2 Å². The van der Waals surface area contributed by atoms with Gasteiger partial charge in [-0.05, 0) is 18.1 Å². The van der Waals surface area contributed by atoms with E-state index in [-0.39, 0.29) is 11.9 Å². The first-order chi connectivity index (χ1) is 8.61. The van der Waals surface area contributed by atoms with Crippen molar-refractivity contribution < 1.29 is 4.79 Å². The summed E-state index contributed by atoms with van der Waals surface area (Å²) in [4.78, 5) is 19.4. The maximum Gasteiger partial charge on any atom is 0.220 e. The summed E-state index contributed by atoms with van der Waals surface area (Å²) >= 11 is 0. The number of carbonyl (C=O) groups excluding carboxylic acids is 1. The van der Waals surface area contributed by atoms with E-state index in [1.165, 1.54) is 0 Å². The monoisotopic (exact) mass is 245 g/mol. The molecule has 1 aromatic heterocycles. The first-order valence-corrected chi connectivity index (χ1v) is 6.35. The van der Waals surface area contributed by atoms with Gasteiger partial charge in [0.1, 0.15) is 5.82 Å². The Kier molecular flexibility index (Phi) is 3.65. The van der Waals surface area contributed by atoms with Crippen molar-refractivity contribution in [3.63, 3.8) is 0 Å². The molecule has 1 amide bonds. The molecule has 4 nitrogen and oxygen atoms in total. The number of para-hydroxylation sites is 2. The Balaban J connectivity index is 2.32. The number of imidazole rings is 1. The summed E-state index contributed by atoms with van der Waals surface area (Å²) in [7, 11) is 0. The smallest absolute Gasteiger partial charge is 0.220 e. The molecule has 1 aromatic carbocycles. The molecule has 0 spiro atoms. The largest absolute Gasteiger partial charge is 0.346 e. The van der Waals surface area contributed by atoms with E-state index < -0.39 is 0 Å². The number of carbonyl (C=O) groups is 1. The fourth-order valence-electron chi connectivity index (χ4n) is 1.95. The fraction of sp³-hybridized carbons (Fsp3) is 0.429. The molecular weight excluding hydrogens is 226 g/mol. The third-order valence-electron chi connectivity index (χ3n) is 3.01. The Bertz CT molecular complexity index is 512. The molecule has 1 heterocycles. The summed E-state index contributed by atoms with van der Waals surface area (Å²) in [5.74, 6) is 1.17. The predicted molar refractivity (Wildman–Crippen MR) is 72.1 cm³/mol. The molecular formula is C14H19N3O. The fourth-order valence-corrected chi connectivity index (χ4v) is 1.95. The van der Waals surface area contributed by atoms with Crippen molar-refractivity contribution in [2.24, 2.45) is 5.92 Å². The molecule has 1 atom stereocenters. The van der Waals surface area contributed by atoms with Gasteiger partial charge in [0.15, 0.2) is 0 Å². The zero-order chi connectivity index (χ0) is 13.1. The van der Waals surface area contributed by atoms with Crippen LogP contribution < -0.4 is 5.32 Å². The Morgan fingerprint density at radius 1 is 1.39 bits per heavy atom. The highest BCUT2D eigenvalue weighted by Crippen LogP contribution is 2.22. The molecule has 1 unspecified atom stereocenters. The van der Waals surface area contributed by atoms with E-state index in [0.29, 0.717) is 12.3 Å². The van der Waals surface area contributed by atoms with Crippen molar-refractivity contribution in [1.29, 1.82) is 0 Å². The van der Waals surface area contributed by atoms with E-state index in [1.54, 1.807) is 0 Å². The van der Waals surface area contributed by atoms with Gasteiger partial charge in [0.05, 0.1) is 17.1 Å². The Labute approximate surface area is 107 Å². The van der Waals surface area contributed by atoms with Crippen molar-refractivity contribution in [1.82, 2.24) is 15.3 Å². The number of aromatic nitrogens is 2. The number of hydrogen-bond donors (Lipinski definition) is 2. The van der Waals surface area contributed by atoms with Crippen LogP contribution in [-0.4, -0.2) is 15.9 Å². The summed E-state index contributed by atoms with van der Waals surface area (Å²) in [6, 6.07) is 7.82. The molecule has 2 N–H and O–H groups in total. The highest BCUT2D eigenvalue weighted by Gasteiger charge is 2.20. The lowest BCUT2D eigenvalue weighted by Crippen LogP contribution is -2.31. The molecule has 0 fully saturated rings. The lowest BCUT2D eigenvalue weighted by atomic mass is 10.0. The van der Waals surface area contributed by atoms with Crippen LogP contribution in [0.2, 0.25) is 0 Å². The van der Waals surface area contributed by atoms with Gasteiger partial charge in [-0.3, -0.25) is 4.79 Å². The summed E-state index contributed by atoms with van der Waals surface area (Å²) in [6.07, 6.45) is 0.490. The third-order valence-corrected chi connectivity index (χ3v) is 3.01. The molecule has 0 saturated carbocycles. The molecule has 4 heteroatoms. The number of hydrogen-bond acceptors (Lipinski definition) is 2. The quantitative estimate of drug-likeness (QED) is 0.870. The van der Waals surface area contributed by atoms with Crippen LogP contribution in [-0.2, 0) is 4.79 Å². The van der Waals surface area contributed by atoms with Crippen molar-refractivity contribution in [3.8, 4) is 0 Å². The number of benzene rings is 1. The van der Waals surface area contributed by atoms with Crippen molar-refractivity contribution in [3.05, 3.63) is 30.1 Å². The van der Waals surface area contributed by atoms with Gasteiger partial charge in [-0.15, -0.1) is 0 Å². The Hall–Kier alpha value is -1.84. The lowest BCUT2D eigenvalue weighted by molar-refractivity contribution is -0.121. The SMILES string of the molecule is CCC(=O)NC(c1nc2ccccc2[nH]1)C(C)C. The molecule has 96 valence electrons. The number of aromatic amines is 1. The van der Waals surface area contributed by atoms with Crippen molar-refractivity contribution in [2.75, 3.05) is 0 Å².